The average molecular weight is 416 g/mol. The Morgan fingerprint density at radius 1 is 1.43 bits per heavy atom. The lowest BCUT2D eigenvalue weighted by Crippen LogP contribution is -2.50. The van der Waals surface area contributed by atoms with Crippen LogP contribution in [0.15, 0.2) is 6.07 Å². The second kappa shape index (κ2) is 8.03. The number of piperidine rings is 1. The molecule has 1 aromatic rings. The number of hydrogen-bond acceptors (Lipinski definition) is 4. The number of nitrogen functional groups attached to an aromatic ring is 1. The third-order valence-electron chi connectivity index (χ3n) is 5.35. The molecule has 1 saturated heterocycles. The highest BCUT2D eigenvalue weighted by Gasteiger charge is 2.36. The molecule has 0 spiro atoms. The molecular weight excluding hydrogens is 388 g/mol. The number of benzene rings is 1. The normalized spacial score (nSPS) is 19.6. The quantitative estimate of drug-likeness (QED) is 0.722. The Morgan fingerprint density at radius 3 is 2.75 bits per heavy atom. The number of alkyl halides is 2. The monoisotopic (exact) mass is 415 g/mol. The zero-order chi connectivity index (χ0) is 20.5. The van der Waals surface area contributed by atoms with Crippen molar-refractivity contribution in [1.82, 2.24) is 10.2 Å². The Hall–Kier alpha value is -1.60. The number of anilines is 1. The van der Waals surface area contributed by atoms with Gasteiger partial charge >= 0.3 is 0 Å². The molecule has 8 heteroatoms. The van der Waals surface area contributed by atoms with Crippen molar-refractivity contribution in [1.29, 1.82) is 0 Å². The summed E-state index contributed by atoms with van der Waals surface area (Å²) < 4.78 is 34.6. The zero-order valence-corrected chi connectivity index (χ0v) is 17.2. The number of nitrogens with two attached hydrogens (primary N) is 1. The van der Waals surface area contributed by atoms with E-state index >= 15 is 4.39 Å². The third-order valence-corrected chi connectivity index (χ3v) is 5.66. The van der Waals surface area contributed by atoms with E-state index in [0.29, 0.717) is 42.6 Å². The highest BCUT2D eigenvalue weighted by atomic mass is 35.5. The second-order valence-electron chi connectivity index (χ2n) is 8.41. The molecule has 1 fully saturated rings. The maximum atomic E-state index is 15.1. The van der Waals surface area contributed by atoms with E-state index in [1.54, 1.807) is 0 Å². The van der Waals surface area contributed by atoms with Crippen molar-refractivity contribution in [3.63, 3.8) is 0 Å². The van der Waals surface area contributed by atoms with Crippen molar-refractivity contribution in [2.75, 3.05) is 38.5 Å². The van der Waals surface area contributed by atoms with Crippen LogP contribution in [0.3, 0.4) is 0 Å². The van der Waals surface area contributed by atoms with E-state index in [-0.39, 0.29) is 31.5 Å². The topological polar surface area (TPSA) is 67.6 Å². The van der Waals surface area contributed by atoms with Crippen LogP contribution in [0, 0.1) is 0 Å². The van der Waals surface area contributed by atoms with E-state index in [0.717, 1.165) is 12.0 Å². The van der Waals surface area contributed by atoms with Crippen LogP contribution in [0.2, 0.25) is 5.02 Å². The molecule has 0 bridgehead atoms. The SMILES string of the molecule is CC(C)(F)CN1CCC(F)(CNC(=O)c2cc(Cl)c(N)c3c2OCCC3)CC1. The van der Waals surface area contributed by atoms with Gasteiger partial charge in [-0.05, 0) is 45.6 Å². The van der Waals surface area contributed by atoms with Crippen LogP contribution in [0.25, 0.3) is 0 Å². The number of carbonyl (C=O) groups is 1. The predicted molar refractivity (Wildman–Crippen MR) is 107 cm³/mol. The third kappa shape index (κ3) is 4.87. The molecule has 0 saturated carbocycles. The van der Waals surface area contributed by atoms with Gasteiger partial charge in [0.1, 0.15) is 17.1 Å². The molecule has 5 nitrogen and oxygen atoms in total. The predicted octanol–water partition coefficient (Wildman–Crippen LogP) is 3.53. The molecular formula is C20H28ClF2N3O2. The number of fused-ring (bicyclic) bond motifs is 1. The molecule has 1 aromatic carbocycles. The van der Waals surface area contributed by atoms with Gasteiger partial charge in [-0.3, -0.25) is 9.69 Å². The molecule has 0 atom stereocenters. The van der Waals surface area contributed by atoms with Crippen molar-refractivity contribution in [2.24, 2.45) is 0 Å². The first-order valence-electron chi connectivity index (χ1n) is 9.70. The highest BCUT2D eigenvalue weighted by molar-refractivity contribution is 6.33. The number of ether oxygens (including phenoxy) is 1. The first-order chi connectivity index (χ1) is 13.1. The van der Waals surface area contributed by atoms with Gasteiger partial charge in [0.05, 0.1) is 29.4 Å². The van der Waals surface area contributed by atoms with Crippen LogP contribution in [-0.2, 0) is 6.42 Å². The molecule has 0 radical (unpaired) electrons. The second-order valence-corrected chi connectivity index (χ2v) is 8.81. The van der Waals surface area contributed by atoms with Crippen molar-refractivity contribution in [2.45, 2.75) is 50.9 Å². The van der Waals surface area contributed by atoms with Crippen LogP contribution in [0.5, 0.6) is 5.75 Å². The van der Waals surface area contributed by atoms with E-state index < -0.39 is 17.2 Å². The summed E-state index contributed by atoms with van der Waals surface area (Å²) in [5.74, 6) is 0.0166. The lowest BCUT2D eigenvalue weighted by molar-refractivity contribution is 0.0322. The summed E-state index contributed by atoms with van der Waals surface area (Å²) in [6.07, 6.45) is 2.00. The van der Waals surface area contributed by atoms with Crippen molar-refractivity contribution >= 4 is 23.2 Å². The van der Waals surface area contributed by atoms with Gasteiger partial charge in [0.2, 0.25) is 0 Å². The molecule has 0 aromatic heterocycles. The van der Waals surface area contributed by atoms with E-state index in [1.807, 2.05) is 4.90 Å². The minimum atomic E-state index is -1.51. The van der Waals surface area contributed by atoms with E-state index in [9.17, 15) is 9.18 Å². The number of rotatable bonds is 5. The number of nitrogens with zero attached hydrogens (tertiary/aromatic N) is 1. The first-order valence-corrected chi connectivity index (χ1v) is 10.1. The summed E-state index contributed by atoms with van der Waals surface area (Å²) in [7, 11) is 0. The molecule has 156 valence electrons. The van der Waals surface area contributed by atoms with Crippen LogP contribution in [-0.4, -0.2) is 54.9 Å². The lowest BCUT2D eigenvalue weighted by atomic mass is 9.92. The summed E-state index contributed by atoms with van der Waals surface area (Å²) in [6, 6.07) is 1.48. The molecule has 0 aliphatic carbocycles. The van der Waals surface area contributed by atoms with E-state index in [1.165, 1.54) is 19.9 Å². The fraction of sp³-hybridized carbons (Fsp3) is 0.650. The van der Waals surface area contributed by atoms with Crippen molar-refractivity contribution in [3.8, 4) is 5.75 Å². The Balaban J connectivity index is 1.63. The number of hydrogen-bond donors (Lipinski definition) is 2. The molecule has 0 unspecified atom stereocenters. The standard InChI is InChI=1S/C20H28ClF2N3O2/c1-19(2,22)12-26-7-5-20(23,6-8-26)11-25-18(27)14-10-15(21)16(24)13-4-3-9-28-17(13)14/h10H,3-9,11-12,24H2,1-2H3,(H,25,27). The highest BCUT2D eigenvalue weighted by Crippen LogP contribution is 2.38. The maximum Gasteiger partial charge on any atom is 0.255 e. The summed E-state index contributed by atoms with van der Waals surface area (Å²) >= 11 is 6.17. The van der Waals surface area contributed by atoms with Crippen LogP contribution in [0.1, 0.15) is 49.0 Å². The summed E-state index contributed by atoms with van der Waals surface area (Å²) in [4.78, 5) is 14.6. The minimum absolute atomic E-state index is 0.102. The van der Waals surface area contributed by atoms with Crippen LogP contribution in [0.4, 0.5) is 14.5 Å². The van der Waals surface area contributed by atoms with Gasteiger partial charge in [0.25, 0.3) is 5.91 Å². The Labute approximate surface area is 169 Å². The number of nitrogens with one attached hydrogen (secondary N) is 1. The van der Waals surface area contributed by atoms with Crippen LogP contribution >= 0.6 is 11.6 Å². The van der Waals surface area contributed by atoms with Gasteiger partial charge in [0, 0.05) is 25.2 Å². The summed E-state index contributed by atoms with van der Waals surface area (Å²) in [5.41, 5.74) is 4.64. The van der Waals surface area contributed by atoms with Gasteiger partial charge in [-0.2, -0.15) is 0 Å². The molecule has 1 amide bonds. The average Bonchev–Trinajstić information content (AvgIpc) is 2.64. The van der Waals surface area contributed by atoms with Crippen LogP contribution < -0.4 is 15.8 Å². The Morgan fingerprint density at radius 2 is 2.11 bits per heavy atom. The maximum absolute atomic E-state index is 15.1. The lowest BCUT2D eigenvalue weighted by Gasteiger charge is -2.38. The smallest absolute Gasteiger partial charge is 0.255 e. The molecule has 28 heavy (non-hydrogen) atoms. The van der Waals surface area contributed by atoms with Gasteiger partial charge in [0.15, 0.2) is 0 Å². The van der Waals surface area contributed by atoms with Gasteiger partial charge in [-0.15, -0.1) is 0 Å². The Bertz CT molecular complexity index is 744. The van der Waals surface area contributed by atoms with Crippen molar-refractivity contribution < 1.29 is 18.3 Å². The van der Waals surface area contributed by atoms with Gasteiger partial charge in [-0.1, -0.05) is 11.6 Å². The molecule has 3 N–H and O–H groups in total. The molecule has 2 heterocycles. The summed E-state index contributed by atoms with van der Waals surface area (Å²) in [6.45, 7) is 4.65. The van der Waals surface area contributed by atoms with Gasteiger partial charge in [-0.25, -0.2) is 8.78 Å². The first kappa shape index (κ1) is 21.1. The number of amides is 1. The molecule has 3 rings (SSSR count). The van der Waals surface area contributed by atoms with Gasteiger partial charge < -0.3 is 15.8 Å². The fourth-order valence-electron chi connectivity index (χ4n) is 3.86. The minimum Gasteiger partial charge on any atom is -0.492 e. The zero-order valence-electron chi connectivity index (χ0n) is 16.4. The van der Waals surface area contributed by atoms with E-state index in [4.69, 9.17) is 22.1 Å². The largest absolute Gasteiger partial charge is 0.492 e. The Kier molecular flexibility index (Phi) is 6.05. The van der Waals surface area contributed by atoms with E-state index in [2.05, 4.69) is 5.32 Å². The number of carbonyl (C=O) groups excluding carboxylic acids is 1. The molecule has 2 aliphatic heterocycles. The number of likely N-dealkylation sites (tertiary alicyclic amines) is 1. The molecule has 2 aliphatic rings. The fourth-order valence-corrected chi connectivity index (χ4v) is 4.08. The summed E-state index contributed by atoms with van der Waals surface area (Å²) in [5, 5.41) is 2.98. The number of halogens is 3. The van der Waals surface area contributed by atoms with Crippen molar-refractivity contribution in [3.05, 3.63) is 22.2 Å².